The number of nitrogens with zero attached hydrogens (tertiary/aromatic N) is 2. The van der Waals surface area contributed by atoms with Crippen molar-refractivity contribution in [2.24, 2.45) is 0 Å². The standard InChI is InChI=1S/C18H14N4O3/c23-17(20-13-6-7-16-15(9-13)21-18(24)25-16)8-12-10-19-22(11-12)14-4-2-1-3-5-14/h1-7,9-11H,8H2,(H,20,23)(H,21,24). The Labute approximate surface area is 141 Å². The summed E-state index contributed by atoms with van der Waals surface area (Å²) < 4.78 is 6.66. The number of carbonyl (C=O) groups excluding carboxylic acids is 1. The van der Waals surface area contributed by atoms with Gasteiger partial charge in [0.05, 0.1) is 23.8 Å². The fourth-order valence-corrected chi connectivity index (χ4v) is 2.59. The molecule has 124 valence electrons. The minimum atomic E-state index is -0.521. The van der Waals surface area contributed by atoms with Crippen LogP contribution < -0.4 is 11.1 Å². The average molecular weight is 334 g/mol. The highest BCUT2D eigenvalue weighted by Gasteiger charge is 2.09. The SMILES string of the molecule is O=C(Cc1cnn(-c2ccccc2)c1)Nc1ccc2oc(=O)[nH]c2c1. The first-order valence-electron chi connectivity index (χ1n) is 7.69. The number of fused-ring (bicyclic) bond motifs is 1. The molecule has 0 saturated carbocycles. The Hall–Kier alpha value is -3.61. The van der Waals surface area contributed by atoms with Gasteiger partial charge in [-0.1, -0.05) is 18.2 Å². The summed E-state index contributed by atoms with van der Waals surface area (Å²) in [6, 6.07) is 14.7. The van der Waals surface area contributed by atoms with Gasteiger partial charge in [0.15, 0.2) is 5.58 Å². The van der Waals surface area contributed by atoms with E-state index in [4.69, 9.17) is 4.42 Å². The van der Waals surface area contributed by atoms with E-state index in [-0.39, 0.29) is 12.3 Å². The Balaban J connectivity index is 1.46. The van der Waals surface area contributed by atoms with Crippen molar-refractivity contribution in [2.75, 3.05) is 5.32 Å². The molecule has 2 heterocycles. The third kappa shape index (κ3) is 3.20. The van der Waals surface area contributed by atoms with E-state index in [1.807, 2.05) is 36.5 Å². The summed E-state index contributed by atoms with van der Waals surface area (Å²) in [5.41, 5.74) is 3.32. The molecule has 0 atom stereocenters. The van der Waals surface area contributed by atoms with E-state index in [1.165, 1.54) is 0 Å². The number of H-pyrrole nitrogens is 1. The molecule has 2 N–H and O–H groups in total. The Morgan fingerprint density at radius 1 is 1.20 bits per heavy atom. The molecule has 0 spiro atoms. The zero-order chi connectivity index (χ0) is 17.2. The van der Waals surface area contributed by atoms with Gasteiger partial charge in [0.25, 0.3) is 0 Å². The molecule has 0 aliphatic rings. The van der Waals surface area contributed by atoms with E-state index in [0.717, 1.165) is 11.3 Å². The number of oxazole rings is 1. The molecule has 2 aromatic heterocycles. The molecular formula is C18H14N4O3. The maximum absolute atomic E-state index is 12.2. The van der Waals surface area contributed by atoms with Crippen LogP contribution in [-0.4, -0.2) is 20.7 Å². The molecule has 4 aromatic rings. The molecule has 4 rings (SSSR count). The minimum Gasteiger partial charge on any atom is -0.408 e. The lowest BCUT2D eigenvalue weighted by atomic mass is 10.2. The number of anilines is 1. The van der Waals surface area contributed by atoms with Gasteiger partial charge in [-0.05, 0) is 35.9 Å². The van der Waals surface area contributed by atoms with Gasteiger partial charge in [0, 0.05) is 11.9 Å². The third-order valence-electron chi connectivity index (χ3n) is 3.72. The Morgan fingerprint density at radius 2 is 2.04 bits per heavy atom. The van der Waals surface area contributed by atoms with Crippen LogP contribution in [0.2, 0.25) is 0 Å². The first-order valence-corrected chi connectivity index (χ1v) is 7.69. The van der Waals surface area contributed by atoms with E-state index in [9.17, 15) is 9.59 Å². The first-order chi connectivity index (χ1) is 12.2. The number of hydrogen-bond donors (Lipinski definition) is 2. The second-order valence-electron chi connectivity index (χ2n) is 5.58. The van der Waals surface area contributed by atoms with Gasteiger partial charge < -0.3 is 9.73 Å². The Morgan fingerprint density at radius 3 is 2.88 bits per heavy atom. The van der Waals surface area contributed by atoms with Crippen molar-refractivity contribution in [1.82, 2.24) is 14.8 Å². The molecule has 7 heteroatoms. The minimum absolute atomic E-state index is 0.169. The predicted molar refractivity (Wildman–Crippen MR) is 92.7 cm³/mol. The zero-order valence-corrected chi connectivity index (χ0v) is 13.1. The van der Waals surface area contributed by atoms with E-state index >= 15 is 0 Å². The lowest BCUT2D eigenvalue weighted by Gasteiger charge is -2.04. The van der Waals surface area contributed by atoms with Crippen LogP contribution in [0.5, 0.6) is 0 Å². The van der Waals surface area contributed by atoms with Crippen molar-refractivity contribution in [1.29, 1.82) is 0 Å². The molecule has 7 nitrogen and oxygen atoms in total. The van der Waals surface area contributed by atoms with Crippen LogP contribution in [0.3, 0.4) is 0 Å². The maximum atomic E-state index is 12.2. The second-order valence-corrected chi connectivity index (χ2v) is 5.58. The largest absolute Gasteiger partial charge is 0.417 e. The van der Waals surface area contributed by atoms with Gasteiger partial charge in [0.2, 0.25) is 5.91 Å². The second kappa shape index (κ2) is 6.12. The number of benzene rings is 2. The number of nitrogens with one attached hydrogen (secondary N) is 2. The van der Waals surface area contributed by atoms with Crippen LogP contribution in [0, 0.1) is 0 Å². The van der Waals surface area contributed by atoms with Crippen molar-refractivity contribution in [3.8, 4) is 5.69 Å². The number of aromatic nitrogens is 3. The van der Waals surface area contributed by atoms with Crippen LogP contribution in [-0.2, 0) is 11.2 Å². The van der Waals surface area contributed by atoms with E-state index in [0.29, 0.717) is 16.8 Å². The quantitative estimate of drug-likeness (QED) is 0.600. The number of rotatable bonds is 4. The highest BCUT2D eigenvalue weighted by Crippen LogP contribution is 2.16. The fraction of sp³-hybridized carbons (Fsp3) is 0.0556. The van der Waals surface area contributed by atoms with E-state index in [1.54, 1.807) is 29.1 Å². The molecule has 1 amide bonds. The lowest BCUT2D eigenvalue weighted by Crippen LogP contribution is -2.14. The molecule has 2 aromatic carbocycles. The highest BCUT2D eigenvalue weighted by molar-refractivity contribution is 5.93. The van der Waals surface area contributed by atoms with Crippen molar-refractivity contribution >= 4 is 22.7 Å². The molecule has 0 fully saturated rings. The van der Waals surface area contributed by atoms with Gasteiger partial charge in [0.1, 0.15) is 0 Å². The van der Waals surface area contributed by atoms with Crippen LogP contribution in [0.4, 0.5) is 5.69 Å². The molecular weight excluding hydrogens is 320 g/mol. The number of para-hydroxylation sites is 1. The molecule has 0 unspecified atom stereocenters. The van der Waals surface area contributed by atoms with Gasteiger partial charge in [-0.25, -0.2) is 9.48 Å². The van der Waals surface area contributed by atoms with Gasteiger partial charge >= 0.3 is 5.76 Å². The van der Waals surface area contributed by atoms with Gasteiger partial charge in [-0.3, -0.25) is 9.78 Å². The molecule has 25 heavy (non-hydrogen) atoms. The Bertz CT molecular complexity index is 1090. The number of carbonyl (C=O) groups is 1. The highest BCUT2D eigenvalue weighted by atomic mass is 16.4. The van der Waals surface area contributed by atoms with Crippen molar-refractivity contribution in [3.63, 3.8) is 0 Å². The molecule has 0 radical (unpaired) electrons. The zero-order valence-electron chi connectivity index (χ0n) is 13.1. The van der Waals surface area contributed by atoms with Gasteiger partial charge in [-0.2, -0.15) is 5.10 Å². The summed E-state index contributed by atoms with van der Waals surface area (Å²) in [7, 11) is 0. The van der Waals surface area contributed by atoms with Crippen LogP contribution in [0.25, 0.3) is 16.8 Å². The molecule has 0 aliphatic carbocycles. The van der Waals surface area contributed by atoms with E-state index in [2.05, 4.69) is 15.4 Å². The van der Waals surface area contributed by atoms with Gasteiger partial charge in [-0.15, -0.1) is 0 Å². The number of hydrogen-bond acceptors (Lipinski definition) is 4. The Kier molecular flexibility index (Phi) is 3.66. The summed E-state index contributed by atoms with van der Waals surface area (Å²) in [5, 5.41) is 7.08. The summed E-state index contributed by atoms with van der Waals surface area (Å²) in [4.78, 5) is 25.9. The smallest absolute Gasteiger partial charge is 0.408 e. The topological polar surface area (TPSA) is 92.9 Å². The summed E-state index contributed by atoms with van der Waals surface area (Å²) in [6.07, 6.45) is 3.70. The van der Waals surface area contributed by atoms with Crippen LogP contribution in [0.15, 0.2) is 70.1 Å². The number of amides is 1. The van der Waals surface area contributed by atoms with Crippen molar-refractivity contribution in [2.45, 2.75) is 6.42 Å². The van der Waals surface area contributed by atoms with E-state index < -0.39 is 5.76 Å². The lowest BCUT2D eigenvalue weighted by molar-refractivity contribution is -0.115. The van der Waals surface area contributed by atoms with Crippen LogP contribution >= 0.6 is 0 Å². The third-order valence-corrected chi connectivity index (χ3v) is 3.72. The molecule has 0 bridgehead atoms. The fourth-order valence-electron chi connectivity index (χ4n) is 2.59. The van der Waals surface area contributed by atoms with Crippen molar-refractivity contribution in [3.05, 3.63) is 77.0 Å². The molecule has 0 aliphatic heterocycles. The van der Waals surface area contributed by atoms with Crippen molar-refractivity contribution < 1.29 is 9.21 Å². The monoisotopic (exact) mass is 334 g/mol. The van der Waals surface area contributed by atoms with Crippen LogP contribution in [0.1, 0.15) is 5.56 Å². The normalized spacial score (nSPS) is 10.9. The summed E-state index contributed by atoms with van der Waals surface area (Å²) in [5.74, 6) is -0.690. The summed E-state index contributed by atoms with van der Waals surface area (Å²) in [6.45, 7) is 0. The number of aromatic amines is 1. The molecule has 0 saturated heterocycles. The first kappa shape index (κ1) is 14.9. The maximum Gasteiger partial charge on any atom is 0.417 e. The average Bonchev–Trinajstić information content (AvgIpc) is 3.21. The predicted octanol–water partition coefficient (Wildman–Crippen LogP) is 2.49. The summed E-state index contributed by atoms with van der Waals surface area (Å²) >= 11 is 0.